The predicted octanol–water partition coefficient (Wildman–Crippen LogP) is 3.93. The number of alkyl halides is 3. The molecule has 4 aliphatic rings. The zero-order valence-electron chi connectivity index (χ0n) is 35.3. The molecule has 4 atom stereocenters. The van der Waals surface area contributed by atoms with Crippen LogP contribution in [0.15, 0.2) is 42.9 Å². The maximum absolute atomic E-state index is 15.5. The molecule has 3 saturated heterocycles. The average molecular weight is 886 g/mol. The van der Waals surface area contributed by atoms with Gasteiger partial charge in [-0.2, -0.15) is 15.3 Å². The number of halogens is 3. The lowest BCUT2D eigenvalue weighted by molar-refractivity contribution is -0.134. The number of rotatable bonds is 11. The first kappa shape index (κ1) is 43.4. The lowest BCUT2D eigenvalue weighted by Crippen LogP contribution is -2.47. The van der Waals surface area contributed by atoms with Crippen LogP contribution in [0.25, 0.3) is 16.6 Å². The molecule has 1 aliphatic carbocycles. The summed E-state index contributed by atoms with van der Waals surface area (Å²) in [7, 11) is 1.79. The van der Waals surface area contributed by atoms with Crippen molar-refractivity contribution in [2.45, 2.75) is 81.7 Å². The number of piperidine rings is 2. The molecule has 2 unspecified atom stereocenters. The summed E-state index contributed by atoms with van der Waals surface area (Å²) in [4.78, 5) is 46.5. The summed E-state index contributed by atoms with van der Waals surface area (Å²) in [6.07, 6.45) is 3.64. The molecule has 4 aromatic heterocycles. The Morgan fingerprint density at radius 3 is 2.72 bits per heavy atom. The van der Waals surface area contributed by atoms with Crippen molar-refractivity contribution in [3.05, 3.63) is 65.4 Å². The number of amides is 3. The summed E-state index contributed by atoms with van der Waals surface area (Å²) in [5.74, 6) is 5.25. The quantitative estimate of drug-likeness (QED) is 0.129. The Bertz CT molecular complexity index is 2590. The van der Waals surface area contributed by atoms with Crippen molar-refractivity contribution in [3.8, 4) is 11.8 Å². The fraction of sp³-hybridized carbons (Fsp3) is 0.523. The van der Waals surface area contributed by atoms with Gasteiger partial charge in [0.15, 0.2) is 11.3 Å². The topological polar surface area (TPSA) is 186 Å². The number of nitrogens with one attached hydrogen (secondary N) is 2. The number of aliphatic hydroxyl groups excluding tert-OH is 1. The highest BCUT2D eigenvalue weighted by molar-refractivity contribution is 6.08. The molecule has 3 aliphatic heterocycles. The van der Waals surface area contributed by atoms with E-state index in [0.29, 0.717) is 74.9 Å². The summed E-state index contributed by atoms with van der Waals surface area (Å²) in [5, 5.41) is 28.5. The lowest BCUT2D eigenvalue weighted by atomic mass is 9.85. The van der Waals surface area contributed by atoms with Crippen LogP contribution in [0.2, 0.25) is 0 Å². The summed E-state index contributed by atoms with van der Waals surface area (Å²) >= 11 is 0. The van der Waals surface area contributed by atoms with Gasteiger partial charge in [0.2, 0.25) is 11.8 Å². The number of hydrogen-bond donors (Lipinski definition) is 3. The Hall–Kier alpha value is -5.88. The largest absolute Gasteiger partial charge is 0.394 e. The van der Waals surface area contributed by atoms with E-state index in [2.05, 4.69) is 47.7 Å². The number of aliphatic hydroxyl groups is 1. The van der Waals surface area contributed by atoms with Crippen LogP contribution in [-0.4, -0.2) is 133 Å². The third-order valence-corrected chi connectivity index (χ3v) is 12.8. The molecule has 0 bridgehead atoms. The first-order valence-corrected chi connectivity index (χ1v) is 21.8. The van der Waals surface area contributed by atoms with Crippen LogP contribution in [0.1, 0.15) is 90.6 Å². The number of anilines is 2. The SMILES string of the molecule is Cn1nc(C2CCC(=O)NC2=O)c2cccc(C#CCO[C@H]3CCN(CC4CCC(n5cc(NC(=O)c6cnn7ccc(N8CCOC(CO)C8)nc67)c(C(F)F)n5)CC4)C[C@H]3F)c21. The van der Waals surface area contributed by atoms with E-state index >= 15 is 4.39 Å². The van der Waals surface area contributed by atoms with E-state index in [4.69, 9.17) is 9.47 Å². The van der Waals surface area contributed by atoms with Crippen molar-refractivity contribution in [1.82, 2.24) is 44.4 Å². The Morgan fingerprint density at radius 2 is 1.94 bits per heavy atom. The standard InChI is InChI=1S/C44H50F3N11O6/c1-54-40-27(4-2-6-30(40)38(52-54)31-11-12-37(60)51-43(31)61)5-3-18-64-35-13-15-55(23-33(35)45)21-26-7-9-28(10-8-26)58-24-34(39(53-58)41(46)47)49-44(62)32-20-48-57-16-14-36(50-42(32)57)56-17-19-63-29(22-56)25-59/h2,4,6,14,16,20,24,26,28-29,31,33,35,41,59H,7-13,15,17-19,21-23,25H2,1H3,(H,49,62)(H,51,60,61)/t26?,28?,29?,31?,33-,35+/m1/s1. The van der Waals surface area contributed by atoms with Gasteiger partial charge in [-0.1, -0.05) is 24.0 Å². The van der Waals surface area contributed by atoms with Crippen LogP contribution < -0.4 is 15.5 Å². The van der Waals surface area contributed by atoms with Crippen LogP contribution in [0.5, 0.6) is 0 Å². The van der Waals surface area contributed by atoms with Crippen LogP contribution in [0.4, 0.5) is 24.7 Å². The van der Waals surface area contributed by atoms with Gasteiger partial charge in [-0.25, -0.2) is 22.7 Å². The number of aryl methyl sites for hydroxylation is 1. The monoisotopic (exact) mass is 885 g/mol. The Morgan fingerprint density at radius 1 is 1.09 bits per heavy atom. The summed E-state index contributed by atoms with van der Waals surface area (Å²) in [6.45, 7) is 2.95. The fourth-order valence-corrected chi connectivity index (χ4v) is 9.49. The number of benzene rings is 1. The van der Waals surface area contributed by atoms with Crippen molar-refractivity contribution in [2.75, 3.05) is 62.8 Å². The van der Waals surface area contributed by atoms with Gasteiger partial charge in [-0.05, 0) is 56.6 Å². The highest BCUT2D eigenvalue weighted by Crippen LogP contribution is 2.36. The van der Waals surface area contributed by atoms with Crippen LogP contribution in [0.3, 0.4) is 0 Å². The van der Waals surface area contributed by atoms with Gasteiger partial charge < -0.3 is 24.8 Å². The number of likely N-dealkylation sites (tertiary alicyclic amines) is 1. The minimum Gasteiger partial charge on any atom is -0.394 e. The van der Waals surface area contributed by atoms with Gasteiger partial charge in [0.25, 0.3) is 12.3 Å². The van der Waals surface area contributed by atoms with Gasteiger partial charge in [0, 0.05) is 64.0 Å². The zero-order chi connectivity index (χ0) is 44.5. The normalized spacial score (nSPS) is 24.6. The van der Waals surface area contributed by atoms with Gasteiger partial charge in [0.1, 0.15) is 24.2 Å². The molecule has 20 heteroatoms. The minimum absolute atomic E-state index is 0.0522. The van der Waals surface area contributed by atoms with Crippen molar-refractivity contribution in [3.63, 3.8) is 0 Å². The molecule has 338 valence electrons. The second kappa shape index (κ2) is 18.7. The molecule has 3 amide bonds. The van der Waals surface area contributed by atoms with Crippen molar-refractivity contribution >= 4 is 45.8 Å². The predicted molar refractivity (Wildman–Crippen MR) is 227 cm³/mol. The molecule has 64 heavy (non-hydrogen) atoms. The first-order valence-electron chi connectivity index (χ1n) is 21.8. The third-order valence-electron chi connectivity index (χ3n) is 12.8. The van der Waals surface area contributed by atoms with Crippen LogP contribution >= 0.6 is 0 Å². The molecule has 1 aromatic carbocycles. The van der Waals surface area contributed by atoms with E-state index in [0.717, 1.165) is 30.3 Å². The summed E-state index contributed by atoms with van der Waals surface area (Å²) < 4.78 is 60.2. The molecule has 7 heterocycles. The molecule has 4 fully saturated rings. The molecule has 5 aromatic rings. The number of para-hydroxylation sites is 1. The number of hydrogen-bond acceptors (Lipinski definition) is 12. The van der Waals surface area contributed by atoms with Crippen molar-refractivity contribution in [2.24, 2.45) is 13.0 Å². The van der Waals surface area contributed by atoms with E-state index < -0.39 is 36.2 Å². The molecule has 1 saturated carbocycles. The highest BCUT2D eigenvalue weighted by atomic mass is 19.3. The zero-order valence-corrected chi connectivity index (χ0v) is 35.3. The maximum Gasteiger partial charge on any atom is 0.284 e. The number of carbonyl (C=O) groups excluding carboxylic acids is 3. The number of carbonyl (C=O) groups is 3. The second-order valence-corrected chi connectivity index (χ2v) is 17.0. The van der Waals surface area contributed by atoms with Crippen molar-refractivity contribution < 1.29 is 42.1 Å². The third kappa shape index (κ3) is 9.07. The smallest absolute Gasteiger partial charge is 0.284 e. The Kier molecular flexibility index (Phi) is 12.7. The number of fused-ring (bicyclic) bond motifs is 2. The second-order valence-electron chi connectivity index (χ2n) is 17.0. The number of morpholine rings is 1. The van der Waals surface area contributed by atoms with Gasteiger partial charge in [0.05, 0.1) is 66.0 Å². The Labute approximate surface area is 366 Å². The fourth-order valence-electron chi connectivity index (χ4n) is 9.49. The highest BCUT2D eigenvalue weighted by Gasteiger charge is 2.34. The molecular weight excluding hydrogens is 836 g/mol. The van der Waals surface area contributed by atoms with Gasteiger partial charge >= 0.3 is 0 Å². The van der Waals surface area contributed by atoms with E-state index in [-0.39, 0.29) is 67.0 Å². The molecule has 9 rings (SSSR count). The number of ether oxygens (including phenoxy) is 2. The number of imide groups is 1. The maximum atomic E-state index is 15.5. The Balaban J connectivity index is 0.756. The molecule has 0 radical (unpaired) electrons. The first-order chi connectivity index (χ1) is 31.0. The molecule has 0 spiro atoms. The van der Waals surface area contributed by atoms with Crippen LogP contribution in [-0.2, 0) is 26.1 Å². The molecule has 3 N–H and O–H groups in total. The lowest BCUT2D eigenvalue weighted by Gasteiger charge is -2.38. The summed E-state index contributed by atoms with van der Waals surface area (Å²) in [6, 6.07) is 7.22. The molecular formula is C44H50F3N11O6. The van der Waals surface area contributed by atoms with E-state index in [1.165, 1.54) is 21.6 Å². The number of aromatic nitrogens is 7. The van der Waals surface area contributed by atoms with Crippen molar-refractivity contribution in [1.29, 1.82) is 0 Å². The van der Waals surface area contributed by atoms with E-state index in [1.54, 1.807) is 24.0 Å². The van der Waals surface area contributed by atoms with Gasteiger partial charge in [-0.15, -0.1) is 0 Å². The summed E-state index contributed by atoms with van der Waals surface area (Å²) in [5.41, 5.74) is 1.87. The van der Waals surface area contributed by atoms with Crippen LogP contribution in [0, 0.1) is 17.8 Å². The number of nitrogens with zero attached hydrogens (tertiary/aromatic N) is 9. The van der Waals surface area contributed by atoms with Gasteiger partial charge in [-0.3, -0.25) is 34.0 Å². The average Bonchev–Trinajstić information content (AvgIpc) is 4.01. The van der Waals surface area contributed by atoms with E-state index in [1.807, 2.05) is 23.1 Å². The van der Waals surface area contributed by atoms with E-state index in [9.17, 15) is 28.3 Å². The minimum atomic E-state index is -2.92. The molecule has 17 nitrogen and oxygen atoms in total.